The minimum Gasteiger partial charge on any atom is -0.497 e. The number of halogens is 13. The molecule has 5 heterocycles. The number of esters is 8. The number of hydrogen-bond donors (Lipinski definition) is 3. The molecule has 0 amide bonds. The number of ether oxygens (including phenoxy) is 14. The van der Waals surface area contributed by atoms with Crippen LogP contribution in [-0.4, -0.2) is 220 Å². The van der Waals surface area contributed by atoms with E-state index in [-0.39, 0.29) is 42.7 Å². The van der Waals surface area contributed by atoms with Crippen LogP contribution in [0.5, 0.6) is 0 Å². The molecule has 494 valence electrons. The van der Waals surface area contributed by atoms with Crippen LogP contribution >= 0.6 is 0 Å². The number of aliphatic hydroxyl groups is 3. The van der Waals surface area contributed by atoms with Crippen molar-refractivity contribution in [2.45, 2.75) is 194 Å². The molecule has 0 radical (unpaired) electrons. The maximum atomic E-state index is 13.9. The Hall–Kier alpha value is -5.97. The molecule has 39 heteroatoms. The molecule has 4 fully saturated rings. The molecule has 5 aliphatic heterocycles. The summed E-state index contributed by atoms with van der Waals surface area (Å²) in [4.78, 5) is 87.3. The second kappa shape index (κ2) is 39.6. The molecule has 5 aliphatic rings. The van der Waals surface area contributed by atoms with E-state index in [2.05, 4.69) is 52.1 Å². The average molecular weight is 1270 g/mol. The molecule has 0 aromatic rings. The standard InChI is InChI=1S/C10H12F4O6.2C9H12F2O5.C9H12O5.C5H9FO4.CF4O.2CH4.H2/c1-4(15)18-6-3-17-9(20-10(12,13)14)7(11)8(6)19-5(2)16;2*1-4(12)15-6-3-14-9(11)7(10)8(6)16-5(2)13;1-6(10)13-8-3-4-12-5-9(8)14-7(2)11;6-3-4(8)2(7)1-10-5(3)9;2-1(3,4)6-5;;;/h6-9H,3H2,1-2H3;2*6-9H,3H2,1-2H3;3-4,8-9H,5H2,1-2H3;2-5,7-9H,1H2;;2*1H4;1H/i;;;;;;;;1+1. The molecule has 18 unspecified atom stereocenters. The highest BCUT2D eigenvalue weighted by Gasteiger charge is 2.50. The van der Waals surface area contributed by atoms with Gasteiger partial charge < -0.3 is 76.9 Å². The van der Waals surface area contributed by atoms with Gasteiger partial charge in [0.1, 0.15) is 18.8 Å². The van der Waals surface area contributed by atoms with Crippen molar-refractivity contribution >= 4 is 47.8 Å². The Kier molecular flexibility index (Phi) is 38.8. The van der Waals surface area contributed by atoms with Crippen molar-refractivity contribution in [2.24, 2.45) is 0 Å². The first kappa shape index (κ1) is 82.2. The lowest BCUT2D eigenvalue weighted by atomic mass is 10.1. The lowest BCUT2D eigenvalue weighted by Gasteiger charge is -2.37. The predicted molar refractivity (Wildman–Crippen MR) is 245 cm³/mol. The van der Waals surface area contributed by atoms with Crippen LogP contribution in [0.1, 0.15) is 71.7 Å². The van der Waals surface area contributed by atoms with Crippen LogP contribution in [0.4, 0.5) is 57.2 Å². The molecule has 4 saturated heterocycles. The molecule has 0 aliphatic carbocycles. The summed E-state index contributed by atoms with van der Waals surface area (Å²) < 4.78 is 219. The normalized spacial score (nSPS) is 31.2. The third-order valence-electron chi connectivity index (χ3n) is 9.30. The van der Waals surface area contributed by atoms with Gasteiger partial charge in [-0.25, -0.2) is 26.3 Å². The number of rotatable bonds is 9. The highest BCUT2D eigenvalue weighted by molar-refractivity contribution is 5.69. The van der Waals surface area contributed by atoms with Crippen LogP contribution < -0.4 is 0 Å². The van der Waals surface area contributed by atoms with E-state index in [9.17, 15) is 95.6 Å². The number of carbonyl (C=O) groups excluding carboxylic acids is 8. The van der Waals surface area contributed by atoms with E-state index in [1.54, 1.807) is 6.08 Å². The van der Waals surface area contributed by atoms with Crippen LogP contribution in [-0.2, 0) is 110 Å². The van der Waals surface area contributed by atoms with Gasteiger partial charge >= 0.3 is 60.5 Å². The average Bonchev–Trinajstić information content (AvgIpc) is 3.52. The van der Waals surface area contributed by atoms with Gasteiger partial charge in [0.05, 0.1) is 32.7 Å². The van der Waals surface area contributed by atoms with Crippen LogP contribution in [0.3, 0.4) is 0 Å². The molecule has 5 rings (SSSR count). The first-order chi connectivity index (χ1) is 37.7. The third kappa shape index (κ3) is 33.5. The first-order valence-corrected chi connectivity index (χ1v) is 22.8. The summed E-state index contributed by atoms with van der Waals surface area (Å²) >= 11 is 0. The van der Waals surface area contributed by atoms with Gasteiger partial charge in [-0.1, -0.05) is 19.8 Å². The Balaban J connectivity index is -0.000000472. The zero-order chi connectivity index (χ0) is 63.6. The summed E-state index contributed by atoms with van der Waals surface area (Å²) in [6.45, 7) is 7.55. The molecule has 0 saturated carbocycles. The van der Waals surface area contributed by atoms with Crippen molar-refractivity contribution in [3.63, 3.8) is 0 Å². The van der Waals surface area contributed by atoms with Gasteiger partial charge in [0.15, 0.2) is 79.8 Å². The Morgan fingerprint density at radius 1 is 0.452 bits per heavy atom. The topological polar surface area (TPSA) is 336 Å². The molecule has 26 nitrogen and oxygen atoms in total. The second-order valence-electron chi connectivity index (χ2n) is 16.3. The number of hydrogen-bond acceptors (Lipinski definition) is 26. The van der Waals surface area contributed by atoms with Crippen LogP contribution in [0.15, 0.2) is 12.3 Å². The largest absolute Gasteiger partial charge is 0.553 e. The minimum absolute atomic E-state index is 0. The molecular formula is C45H67F13O26. The van der Waals surface area contributed by atoms with E-state index in [0.29, 0.717) is 0 Å². The van der Waals surface area contributed by atoms with E-state index in [1.807, 2.05) is 0 Å². The summed E-state index contributed by atoms with van der Waals surface area (Å²) in [6.07, 6.45) is -36.4. The monoisotopic (exact) mass is 1270 g/mol. The summed E-state index contributed by atoms with van der Waals surface area (Å²) in [5, 5.41) is 26.1. The molecule has 0 aromatic heterocycles. The highest BCUT2D eigenvalue weighted by atomic mass is 19.5. The molecular weight excluding hydrogens is 1200 g/mol. The first-order valence-electron chi connectivity index (χ1n) is 22.8. The van der Waals surface area contributed by atoms with Crippen molar-refractivity contribution < 1.29 is 184 Å². The van der Waals surface area contributed by atoms with E-state index in [4.69, 9.17) is 29.5 Å². The maximum absolute atomic E-state index is 13.9. The van der Waals surface area contributed by atoms with Gasteiger partial charge in [-0.05, 0) is 10.6 Å². The van der Waals surface area contributed by atoms with Crippen molar-refractivity contribution in [3.8, 4) is 0 Å². The van der Waals surface area contributed by atoms with Gasteiger partial charge in [-0.2, -0.15) is 0 Å². The van der Waals surface area contributed by atoms with E-state index < -0.39 is 178 Å². The smallest absolute Gasteiger partial charge is 0.497 e. The summed E-state index contributed by atoms with van der Waals surface area (Å²) in [6, 6.07) is 0. The third-order valence-corrected chi connectivity index (χ3v) is 9.30. The minimum atomic E-state index is -5.12. The SMILES string of the molecule is C.C.CC(=O)OC1C=COCC1OC(C)=O.CC(=O)OC1COC(F)C(F)C1OC(C)=O.CC(=O)OC1COC(F)C(F)C1OC(C)=O.CC(=O)OC1COC(OC(F)(F)F)C(F)C1OC(C)=O.FOC(F)(F)F.OC1COC(O)C(F)C1O.[2HH]. The van der Waals surface area contributed by atoms with Crippen LogP contribution in [0.2, 0.25) is 0 Å². The van der Waals surface area contributed by atoms with Gasteiger partial charge in [-0.3, -0.25) is 43.1 Å². The van der Waals surface area contributed by atoms with Crippen molar-refractivity contribution in [2.75, 3.05) is 33.0 Å². The lowest BCUT2D eigenvalue weighted by Crippen LogP contribution is -2.55. The summed E-state index contributed by atoms with van der Waals surface area (Å²) in [7, 11) is 0. The molecule has 0 spiro atoms. The van der Waals surface area contributed by atoms with E-state index in [0.717, 1.165) is 41.5 Å². The fraction of sp³-hybridized carbons (Fsp3) is 0.778. The van der Waals surface area contributed by atoms with Gasteiger partial charge in [0.25, 0.3) is 0 Å². The van der Waals surface area contributed by atoms with Crippen molar-refractivity contribution in [1.29, 1.82) is 0 Å². The number of carbonyl (C=O) groups is 8. The molecule has 18 atom stereocenters. The van der Waals surface area contributed by atoms with Crippen LogP contribution in [0.25, 0.3) is 0 Å². The molecule has 0 aromatic carbocycles. The zero-order valence-electron chi connectivity index (χ0n) is 43.7. The summed E-state index contributed by atoms with van der Waals surface area (Å²) in [5.74, 6) is -5.53. The Morgan fingerprint density at radius 3 is 1.11 bits per heavy atom. The van der Waals surface area contributed by atoms with Gasteiger partial charge in [-0.15, -0.1) is 26.3 Å². The number of aliphatic hydroxyl groups excluding tert-OH is 3. The van der Waals surface area contributed by atoms with E-state index in [1.165, 1.54) is 25.1 Å². The van der Waals surface area contributed by atoms with Crippen LogP contribution in [0, 0.1) is 0 Å². The summed E-state index contributed by atoms with van der Waals surface area (Å²) in [5.41, 5.74) is 0. The molecule has 84 heavy (non-hydrogen) atoms. The molecule has 3 N–H and O–H groups in total. The zero-order valence-corrected chi connectivity index (χ0v) is 43.7. The quantitative estimate of drug-likeness (QED) is 0.168. The van der Waals surface area contributed by atoms with Gasteiger partial charge in [0.2, 0.25) is 19.0 Å². The second-order valence-corrected chi connectivity index (χ2v) is 16.3. The fourth-order valence-corrected chi connectivity index (χ4v) is 6.25. The fourth-order valence-electron chi connectivity index (χ4n) is 6.25. The Bertz CT molecular complexity index is 1980. The maximum Gasteiger partial charge on any atom is 0.553 e. The highest BCUT2D eigenvalue weighted by Crippen LogP contribution is 2.30. The van der Waals surface area contributed by atoms with Crippen molar-refractivity contribution in [3.05, 3.63) is 12.3 Å². The van der Waals surface area contributed by atoms with Crippen molar-refractivity contribution in [1.82, 2.24) is 0 Å². The molecule has 0 bridgehead atoms. The van der Waals surface area contributed by atoms with Gasteiger partial charge in [0, 0.05) is 56.8 Å². The Labute approximate surface area is 470 Å². The van der Waals surface area contributed by atoms with E-state index >= 15 is 0 Å². The Morgan fingerprint density at radius 2 is 0.786 bits per heavy atom. The lowest BCUT2D eigenvalue weighted by molar-refractivity contribution is -0.416. The number of alkyl halides is 12. The predicted octanol–water partition coefficient (Wildman–Crippen LogP) is 3.82.